The van der Waals surface area contributed by atoms with Gasteiger partial charge in [-0.2, -0.15) is 0 Å². The topological polar surface area (TPSA) is 166 Å². The summed E-state index contributed by atoms with van der Waals surface area (Å²) in [4.78, 5) is 77.2. The van der Waals surface area contributed by atoms with Crippen LogP contribution in [0.15, 0.2) is 0 Å². The van der Waals surface area contributed by atoms with Crippen LogP contribution in [0.1, 0.15) is 81.1 Å². The maximum Gasteiger partial charge on any atom is 0.342 e. The summed E-state index contributed by atoms with van der Waals surface area (Å²) < 4.78 is 15.0. The number of esters is 3. The van der Waals surface area contributed by atoms with Gasteiger partial charge in [0.25, 0.3) is 5.91 Å². The minimum Gasteiger partial charge on any atom is -0.469 e. The Hall–Kier alpha value is -3.18. The van der Waals surface area contributed by atoms with Crippen molar-refractivity contribution >= 4 is 35.6 Å². The van der Waals surface area contributed by atoms with Crippen LogP contribution >= 0.6 is 0 Å². The number of methoxy groups -OCH3 is 2. The zero-order valence-electron chi connectivity index (χ0n) is 24.3. The van der Waals surface area contributed by atoms with E-state index in [0.717, 1.165) is 14.2 Å². The van der Waals surface area contributed by atoms with Gasteiger partial charge in [-0.05, 0) is 45.4 Å². The number of hydrogen-bond donors (Lipinski definition) is 3. The van der Waals surface area contributed by atoms with E-state index in [1.54, 1.807) is 20.8 Å². The Kier molecular flexibility index (Phi) is 14.0. The van der Waals surface area contributed by atoms with Crippen LogP contribution in [-0.2, 0) is 43.0 Å². The Morgan fingerprint density at radius 3 is 1.74 bits per heavy atom. The van der Waals surface area contributed by atoms with Gasteiger partial charge in [-0.15, -0.1) is 0 Å². The SMILES string of the molecule is COC(=O)CCC(NC(=O)[C@H](CC(C)C)NC(C)=O)(C(=O)N[C@@H](CC(C)C)C(=O)OC)C(=O)OC(C)(C)C. The van der Waals surface area contributed by atoms with Crippen LogP contribution in [0.3, 0.4) is 0 Å². The maximum atomic E-state index is 13.8. The van der Waals surface area contributed by atoms with Crippen molar-refractivity contribution in [3.05, 3.63) is 0 Å². The number of nitrogens with one attached hydrogen (secondary N) is 3. The second-order valence-corrected chi connectivity index (χ2v) is 11.0. The lowest BCUT2D eigenvalue weighted by atomic mass is 9.89. The molecule has 0 fully saturated rings. The van der Waals surface area contributed by atoms with E-state index in [9.17, 15) is 28.8 Å². The zero-order valence-corrected chi connectivity index (χ0v) is 24.3. The highest BCUT2D eigenvalue weighted by Crippen LogP contribution is 2.23. The van der Waals surface area contributed by atoms with Gasteiger partial charge in [0.2, 0.25) is 17.4 Å². The van der Waals surface area contributed by atoms with Gasteiger partial charge in [0.1, 0.15) is 17.7 Å². The number of carbonyl (C=O) groups is 6. The molecule has 0 aliphatic carbocycles. The fourth-order valence-corrected chi connectivity index (χ4v) is 3.59. The summed E-state index contributed by atoms with van der Waals surface area (Å²) in [7, 11) is 2.30. The monoisotopic (exact) mass is 543 g/mol. The molecule has 218 valence electrons. The van der Waals surface area contributed by atoms with Crippen LogP contribution in [0.5, 0.6) is 0 Å². The van der Waals surface area contributed by atoms with Crippen molar-refractivity contribution < 1.29 is 43.0 Å². The van der Waals surface area contributed by atoms with Gasteiger partial charge >= 0.3 is 17.9 Å². The molecule has 0 bridgehead atoms. The molecule has 12 heteroatoms. The molecule has 0 aliphatic heterocycles. The first-order valence-corrected chi connectivity index (χ1v) is 12.7. The Labute approximate surface area is 225 Å². The van der Waals surface area contributed by atoms with Crippen molar-refractivity contribution in [2.45, 2.75) is 104 Å². The van der Waals surface area contributed by atoms with E-state index in [4.69, 9.17) is 9.47 Å². The highest BCUT2D eigenvalue weighted by Gasteiger charge is 2.52. The van der Waals surface area contributed by atoms with Gasteiger partial charge in [-0.25, -0.2) is 9.59 Å². The van der Waals surface area contributed by atoms with Crippen LogP contribution < -0.4 is 16.0 Å². The molecular weight excluding hydrogens is 498 g/mol. The third kappa shape index (κ3) is 11.9. The Balaban J connectivity index is 6.79. The van der Waals surface area contributed by atoms with E-state index in [1.807, 2.05) is 27.7 Å². The summed E-state index contributed by atoms with van der Waals surface area (Å²) in [6, 6.07) is -2.24. The molecule has 0 spiro atoms. The molecule has 0 aliphatic rings. The second-order valence-electron chi connectivity index (χ2n) is 11.0. The molecule has 0 saturated carbocycles. The fraction of sp³-hybridized carbons (Fsp3) is 0.769. The largest absolute Gasteiger partial charge is 0.469 e. The second kappa shape index (κ2) is 15.3. The van der Waals surface area contributed by atoms with Crippen LogP contribution in [-0.4, -0.2) is 73.1 Å². The molecule has 3 amide bonds. The van der Waals surface area contributed by atoms with Crippen molar-refractivity contribution in [1.29, 1.82) is 0 Å². The number of hydrogen-bond acceptors (Lipinski definition) is 9. The molecular formula is C26H45N3O9. The summed E-state index contributed by atoms with van der Waals surface area (Å²) in [6.07, 6.45) is -0.593. The number of carbonyl (C=O) groups excluding carboxylic acids is 6. The Morgan fingerprint density at radius 1 is 0.789 bits per heavy atom. The lowest BCUT2D eigenvalue weighted by Crippen LogP contribution is -2.68. The summed E-state index contributed by atoms with van der Waals surface area (Å²) in [6.45, 7) is 13.3. The molecule has 0 aromatic carbocycles. The first-order chi connectivity index (χ1) is 17.4. The molecule has 0 aromatic heterocycles. The number of ether oxygens (including phenoxy) is 3. The predicted octanol–water partition coefficient (Wildman–Crippen LogP) is 1.39. The summed E-state index contributed by atoms with van der Waals surface area (Å²) in [5.74, 6) is -5.10. The molecule has 12 nitrogen and oxygen atoms in total. The molecule has 38 heavy (non-hydrogen) atoms. The first-order valence-electron chi connectivity index (χ1n) is 12.7. The predicted molar refractivity (Wildman–Crippen MR) is 138 cm³/mol. The van der Waals surface area contributed by atoms with E-state index in [0.29, 0.717) is 0 Å². The third-order valence-electron chi connectivity index (χ3n) is 5.30. The van der Waals surface area contributed by atoms with Crippen molar-refractivity contribution in [2.75, 3.05) is 14.2 Å². The number of amides is 3. The molecule has 1 unspecified atom stereocenters. The van der Waals surface area contributed by atoms with Crippen molar-refractivity contribution in [2.24, 2.45) is 11.8 Å². The zero-order chi connectivity index (χ0) is 29.8. The van der Waals surface area contributed by atoms with Gasteiger partial charge in [-0.1, -0.05) is 27.7 Å². The number of rotatable bonds is 14. The molecule has 0 saturated heterocycles. The van der Waals surface area contributed by atoms with E-state index < -0.39 is 71.7 Å². The van der Waals surface area contributed by atoms with Crippen molar-refractivity contribution in [1.82, 2.24) is 16.0 Å². The summed E-state index contributed by atoms with van der Waals surface area (Å²) in [5, 5.41) is 7.49. The van der Waals surface area contributed by atoms with Crippen LogP contribution in [0.2, 0.25) is 0 Å². The van der Waals surface area contributed by atoms with E-state index in [2.05, 4.69) is 20.7 Å². The lowest BCUT2D eigenvalue weighted by Gasteiger charge is -2.36. The molecule has 0 heterocycles. The van der Waals surface area contributed by atoms with E-state index in [1.165, 1.54) is 6.92 Å². The Bertz CT molecular complexity index is 865. The minimum atomic E-state index is -2.44. The maximum absolute atomic E-state index is 13.8. The van der Waals surface area contributed by atoms with Crippen molar-refractivity contribution in [3.8, 4) is 0 Å². The third-order valence-corrected chi connectivity index (χ3v) is 5.30. The van der Waals surface area contributed by atoms with Gasteiger partial charge in [0.05, 0.1) is 14.2 Å². The standard InChI is InChI=1S/C26H45N3O9/c1-15(2)13-18(27-17(5)30)21(32)29-26(12-11-20(31)36-9,24(35)38-25(6,7)8)23(34)28-19(14-16(3)4)22(33)37-10/h15-16,18-19H,11-14H2,1-10H3,(H,27,30)(H,28,34)(H,29,32)/t18-,19-,26?/m0/s1. The van der Waals surface area contributed by atoms with Crippen LogP contribution in [0.4, 0.5) is 0 Å². The molecule has 0 rings (SSSR count). The fourth-order valence-electron chi connectivity index (χ4n) is 3.59. The molecule has 0 aromatic rings. The van der Waals surface area contributed by atoms with Crippen molar-refractivity contribution in [3.63, 3.8) is 0 Å². The minimum absolute atomic E-state index is 0.0350. The van der Waals surface area contributed by atoms with Gasteiger partial charge in [0.15, 0.2) is 0 Å². The Morgan fingerprint density at radius 2 is 1.32 bits per heavy atom. The van der Waals surface area contributed by atoms with Gasteiger partial charge in [0, 0.05) is 19.8 Å². The smallest absolute Gasteiger partial charge is 0.342 e. The summed E-state index contributed by atoms with van der Waals surface area (Å²) in [5.41, 5.74) is -3.51. The van der Waals surface area contributed by atoms with Crippen LogP contribution in [0.25, 0.3) is 0 Å². The normalized spacial score (nSPS) is 14.5. The summed E-state index contributed by atoms with van der Waals surface area (Å²) >= 11 is 0. The average Bonchev–Trinajstić information content (AvgIpc) is 2.77. The highest BCUT2D eigenvalue weighted by atomic mass is 16.6. The quantitative estimate of drug-likeness (QED) is 0.167. The van der Waals surface area contributed by atoms with E-state index in [-0.39, 0.29) is 24.7 Å². The molecule has 3 atom stereocenters. The van der Waals surface area contributed by atoms with Gasteiger partial charge in [-0.3, -0.25) is 19.2 Å². The highest BCUT2D eigenvalue weighted by molar-refractivity contribution is 6.11. The van der Waals surface area contributed by atoms with Crippen LogP contribution in [0, 0.1) is 11.8 Å². The molecule has 0 radical (unpaired) electrons. The van der Waals surface area contributed by atoms with E-state index >= 15 is 0 Å². The lowest BCUT2D eigenvalue weighted by molar-refractivity contribution is -0.169. The molecule has 3 N–H and O–H groups in total. The average molecular weight is 544 g/mol. The van der Waals surface area contributed by atoms with Gasteiger partial charge < -0.3 is 30.2 Å². The first kappa shape index (κ1) is 34.8.